The summed E-state index contributed by atoms with van der Waals surface area (Å²) >= 11 is 3.52. The number of anilines is 1. The number of unbranched alkanes of at least 4 members (excludes halogenated alkanes) is 1. The van der Waals surface area contributed by atoms with Crippen molar-refractivity contribution >= 4 is 43.5 Å². The van der Waals surface area contributed by atoms with E-state index in [-0.39, 0.29) is 29.5 Å². The molecule has 0 saturated heterocycles. The van der Waals surface area contributed by atoms with Crippen molar-refractivity contribution in [1.29, 1.82) is 0 Å². The summed E-state index contributed by atoms with van der Waals surface area (Å²) in [7, 11) is -4.24. The third kappa shape index (κ3) is 9.68. The molecule has 0 aliphatic heterocycles. The highest BCUT2D eigenvalue weighted by molar-refractivity contribution is 9.10. The zero-order valence-corrected chi connectivity index (χ0v) is 29.5. The second-order valence-corrected chi connectivity index (χ2v) is 14.0. The minimum Gasteiger partial charge on any atom is -0.492 e. The van der Waals surface area contributed by atoms with Gasteiger partial charge in [0.15, 0.2) is 0 Å². The summed E-state index contributed by atoms with van der Waals surface area (Å²) in [5.41, 5.74) is 2.80. The molecule has 0 saturated carbocycles. The van der Waals surface area contributed by atoms with Crippen molar-refractivity contribution in [3.05, 3.63) is 124 Å². The van der Waals surface area contributed by atoms with Gasteiger partial charge in [0.25, 0.3) is 10.0 Å². The van der Waals surface area contributed by atoms with E-state index in [9.17, 15) is 18.0 Å². The van der Waals surface area contributed by atoms with E-state index < -0.39 is 28.5 Å². The molecule has 0 fully saturated rings. The van der Waals surface area contributed by atoms with E-state index in [1.165, 1.54) is 17.0 Å². The summed E-state index contributed by atoms with van der Waals surface area (Å²) in [4.78, 5) is 30.1. The molecule has 1 N–H and O–H groups in total. The van der Waals surface area contributed by atoms with Gasteiger partial charge in [-0.15, -0.1) is 0 Å². The predicted molar refractivity (Wildman–Crippen MR) is 190 cm³/mol. The van der Waals surface area contributed by atoms with E-state index in [1.807, 2.05) is 75.4 Å². The average molecular weight is 721 g/mol. The SMILES string of the molecule is CCCCNC(=O)C(Cc1ccccc1)N(Cc1cccc(Br)c1)C(=O)CN(c1ccccc1OCC)S(=O)(=O)c1ccc(C)cc1. The molecule has 8 nitrogen and oxygen atoms in total. The van der Waals surface area contributed by atoms with Crippen LogP contribution in [-0.4, -0.2) is 50.9 Å². The van der Waals surface area contributed by atoms with Gasteiger partial charge in [-0.05, 0) is 67.8 Å². The summed E-state index contributed by atoms with van der Waals surface area (Å²) in [6, 6.07) is 29.4. The van der Waals surface area contributed by atoms with Gasteiger partial charge in [-0.25, -0.2) is 8.42 Å². The van der Waals surface area contributed by atoms with Crippen LogP contribution in [-0.2, 0) is 32.6 Å². The van der Waals surface area contributed by atoms with Crippen molar-refractivity contribution in [3.8, 4) is 5.75 Å². The van der Waals surface area contributed by atoms with E-state index in [0.717, 1.165) is 38.3 Å². The molecule has 0 heterocycles. The number of carbonyl (C=O) groups is 2. The van der Waals surface area contributed by atoms with E-state index in [0.29, 0.717) is 18.9 Å². The van der Waals surface area contributed by atoms with E-state index >= 15 is 0 Å². The van der Waals surface area contributed by atoms with Crippen LogP contribution in [0.25, 0.3) is 0 Å². The summed E-state index contributed by atoms with van der Waals surface area (Å²) in [5, 5.41) is 3.01. The number of carbonyl (C=O) groups excluding carboxylic acids is 2. The van der Waals surface area contributed by atoms with Gasteiger partial charge in [-0.3, -0.25) is 13.9 Å². The van der Waals surface area contributed by atoms with Crippen molar-refractivity contribution in [2.24, 2.45) is 0 Å². The number of amides is 2. The third-order valence-corrected chi connectivity index (χ3v) is 9.93. The van der Waals surface area contributed by atoms with Gasteiger partial charge in [0.1, 0.15) is 18.3 Å². The lowest BCUT2D eigenvalue weighted by Gasteiger charge is -2.34. The monoisotopic (exact) mass is 719 g/mol. The standard InChI is InChI=1S/C37H42BrN3O5S/c1-4-6-23-39-37(43)34(25-29-13-8-7-9-14-29)40(26-30-15-12-16-31(38)24-30)36(42)27-41(33-17-10-11-18-35(33)46-5-2)47(44,45)32-21-19-28(3)20-22-32/h7-22,24,34H,4-6,23,25-27H2,1-3H3,(H,39,43). The number of ether oxygens (including phenoxy) is 1. The molecule has 0 bridgehead atoms. The van der Waals surface area contributed by atoms with Gasteiger partial charge >= 0.3 is 0 Å². The minimum atomic E-state index is -4.24. The highest BCUT2D eigenvalue weighted by Gasteiger charge is 2.35. The van der Waals surface area contributed by atoms with Crippen molar-refractivity contribution < 1.29 is 22.7 Å². The molecule has 0 aliphatic rings. The molecule has 0 radical (unpaired) electrons. The zero-order chi connectivity index (χ0) is 33.8. The van der Waals surface area contributed by atoms with Gasteiger partial charge in [0.2, 0.25) is 11.8 Å². The smallest absolute Gasteiger partial charge is 0.264 e. The molecule has 10 heteroatoms. The molecule has 2 amide bonds. The zero-order valence-electron chi connectivity index (χ0n) is 27.1. The molecule has 47 heavy (non-hydrogen) atoms. The van der Waals surface area contributed by atoms with Crippen LogP contribution < -0.4 is 14.4 Å². The second-order valence-electron chi connectivity index (χ2n) is 11.2. The van der Waals surface area contributed by atoms with E-state index in [2.05, 4.69) is 21.2 Å². The van der Waals surface area contributed by atoms with E-state index in [1.54, 1.807) is 36.4 Å². The molecule has 0 aliphatic carbocycles. The molecular weight excluding hydrogens is 678 g/mol. The maximum atomic E-state index is 14.7. The number of halogens is 1. The Morgan fingerprint density at radius 3 is 2.23 bits per heavy atom. The molecule has 4 aromatic carbocycles. The number of sulfonamides is 1. The number of nitrogens with one attached hydrogen (secondary N) is 1. The number of aryl methyl sites for hydroxylation is 1. The number of hydrogen-bond acceptors (Lipinski definition) is 5. The molecular formula is C37H42BrN3O5S. The number of hydrogen-bond donors (Lipinski definition) is 1. The highest BCUT2D eigenvalue weighted by Crippen LogP contribution is 2.33. The summed E-state index contributed by atoms with van der Waals surface area (Å²) in [5.74, 6) is -0.498. The van der Waals surface area contributed by atoms with Crippen molar-refractivity contribution in [3.63, 3.8) is 0 Å². The van der Waals surface area contributed by atoms with Crippen molar-refractivity contribution in [2.45, 2.75) is 57.5 Å². The Kier molecular flexibility index (Phi) is 13.0. The number of nitrogens with zero attached hydrogens (tertiary/aromatic N) is 2. The topological polar surface area (TPSA) is 96.0 Å². The van der Waals surface area contributed by atoms with Crippen LogP contribution in [0.15, 0.2) is 112 Å². The van der Waals surface area contributed by atoms with Gasteiger partial charge in [0, 0.05) is 24.0 Å². The third-order valence-electron chi connectivity index (χ3n) is 7.66. The van der Waals surface area contributed by atoms with Crippen LogP contribution in [0.5, 0.6) is 5.75 Å². The molecule has 4 rings (SSSR count). The first-order valence-corrected chi connectivity index (χ1v) is 18.0. The minimum absolute atomic E-state index is 0.0406. The Hall–Kier alpha value is -4.15. The van der Waals surface area contributed by atoms with Crippen LogP contribution >= 0.6 is 15.9 Å². The summed E-state index contributed by atoms with van der Waals surface area (Å²) in [6.45, 7) is 6.03. The van der Waals surface area contributed by atoms with Crippen molar-refractivity contribution in [2.75, 3.05) is 24.0 Å². The van der Waals surface area contributed by atoms with Gasteiger partial charge in [-0.1, -0.05) is 102 Å². The molecule has 1 unspecified atom stereocenters. The maximum Gasteiger partial charge on any atom is 0.264 e. The molecule has 1 atom stereocenters. The maximum absolute atomic E-state index is 14.7. The fourth-order valence-corrected chi connectivity index (χ4v) is 7.06. The molecule has 0 spiro atoms. The van der Waals surface area contributed by atoms with Gasteiger partial charge in [0.05, 0.1) is 17.2 Å². The number of benzene rings is 4. The van der Waals surface area contributed by atoms with Crippen LogP contribution in [0.3, 0.4) is 0 Å². The largest absolute Gasteiger partial charge is 0.492 e. The first kappa shape index (κ1) is 35.7. The Morgan fingerprint density at radius 1 is 0.872 bits per heavy atom. The Morgan fingerprint density at radius 2 is 1.55 bits per heavy atom. The first-order valence-electron chi connectivity index (χ1n) is 15.8. The predicted octanol–water partition coefficient (Wildman–Crippen LogP) is 6.91. The normalized spacial score (nSPS) is 11.8. The Balaban J connectivity index is 1.83. The summed E-state index contributed by atoms with van der Waals surface area (Å²) < 4.78 is 36.4. The molecule has 4 aromatic rings. The van der Waals surface area contributed by atoms with Crippen molar-refractivity contribution in [1.82, 2.24) is 10.2 Å². The number of para-hydroxylation sites is 2. The Labute approximate surface area is 286 Å². The van der Waals surface area contributed by atoms with Gasteiger partial charge in [-0.2, -0.15) is 0 Å². The van der Waals surface area contributed by atoms with Crippen LogP contribution in [0.2, 0.25) is 0 Å². The average Bonchev–Trinajstić information content (AvgIpc) is 3.06. The second kappa shape index (κ2) is 17.1. The van der Waals surface area contributed by atoms with Crippen LogP contribution in [0, 0.1) is 6.92 Å². The van der Waals surface area contributed by atoms with Crippen LogP contribution in [0.4, 0.5) is 5.69 Å². The lowest BCUT2D eigenvalue weighted by Crippen LogP contribution is -2.53. The first-order chi connectivity index (χ1) is 22.6. The van der Waals surface area contributed by atoms with Crippen LogP contribution in [0.1, 0.15) is 43.4 Å². The lowest BCUT2D eigenvalue weighted by atomic mass is 10.0. The number of rotatable bonds is 16. The van der Waals surface area contributed by atoms with Gasteiger partial charge < -0.3 is 15.0 Å². The highest BCUT2D eigenvalue weighted by atomic mass is 79.9. The Bertz CT molecular complexity index is 1730. The fraction of sp³-hybridized carbons (Fsp3) is 0.297. The molecule has 248 valence electrons. The lowest BCUT2D eigenvalue weighted by molar-refractivity contribution is -0.140. The fourth-order valence-electron chi connectivity index (χ4n) is 5.18. The quantitative estimate of drug-likeness (QED) is 0.127. The summed E-state index contributed by atoms with van der Waals surface area (Å²) in [6.07, 6.45) is 1.94. The van der Waals surface area contributed by atoms with E-state index in [4.69, 9.17) is 4.74 Å². The molecule has 0 aromatic heterocycles.